The molecule has 0 saturated carbocycles. The summed E-state index contributed by atoms with van der Waals surface area (Å²) >= 11 is 0. The first-order chi connectivity index (χ1) is 9.05. The molecule has 0 atom stereocenters. The summed E-state index contributed by atoms with van der Waals surface area (Å²) in [6, 6.07) is 7.83. The number of esters is 1. The number of hydrogen-bond acceptors (Lipinski definition) is 4. The second-order valence-electron chi connectivity index (χ2n) is 5.25. The maximum absolute atomic E-state index is 11.8. The van der Waals surface area contributed by atoms with E-state index in [4.69, 9.17) is 14.2 Å². The fourth-order valence-electron chi connectivity index (χ4n) is 2.21. The molecule has 0 amide bonds. The summed E-state index contributed by atoms with van der Waals surface area (Å²) in [5.74, 6) is 0.650. The summed E-state index contributed by atoms with van der Waals surface area (Å²) in [6.45, 7) is 4.85. The minimum absolute atomic E-state index is 0.160. The van der Waals surface area contributed by atoms with Gasteiger partial charge in [-0.1, -0.05) is 12.1 Å². The average Bonchev–Trinajstić information content (AvgIpc) is 2.34. The molecule has 19 heavy (non-hydrogen) atoms. The van der Waals surface area contributed by atoms with Gasteiger partial charge in [0, 0.05) is 0 Å². The second-order valence-corrected chi connectivity index (χ2v) is 5.25. The quantitative estimate of drug-likeness (QED) is 0.765. The molecule has 104 valence electrons. The number of benzene rings is 1. The molecule has 0 aromatic heterocycles. The van der Waals surface area contributed by atoms with E-state index in [1.807, 2.05) is 38.1 Å². The third-order valence-corrected chi connectivity index (χ3v) is 3.21. The van der Waals surface area contributed by atoms with Crippen LogP contribution in [0.3, 0.4) is 0 Å². The van der Waals surface area contributed by atoms with Crippen LogP contribution in [0.25, 0.3) is 0 Å². The molecule has 0 unspecified atom stereocenters. The number of carbonyl (C=O) groups is 1. The number of carbonyl (C=O) groups excluding carboxylic acids is 1. The van der Waals surface area contributed by atoms with E-state index in [1.165, 1.54) is 7.11 Å². The Morgan fingerprint density at radius 2 is 1.95 bits per heavy atom. The third-order valence-electron chi connectivity index (χ3n) is 3.21. The third kappa shape index (κ3) is 3.07. The van der Waals surface area contributed by atoms with Crippen molar-refractivity contribution in [3.8, 4) is 5.75 Å². The Labute approximate surface area is 113 Å². The van der Waals surface area contributed by atoms with E-state index in [9.17, 15) is 4.79 Å². The molecule has 2 rings (SSSR count). The van der Waals surface area contributed by atoms with Crippen molar-refractivity contribution in [1.29, 1.82) is 0 Å². The molecule has 0 aliphatic carbocycles. The lowest BCUT2D eigenvalue weighted by molar-refractivity contribution is -0.182. The highest BCUT2D eigenvalue weighted by Crippen LogP contribution is 2.33. The molecule has 1 saturated heterocycles. The zero-order chi connectivity index (χ0) is 13.9. The molecule has 0 radical (unpaired) electrons. The number of rotatable bonds is 5. The average molecular weight is 264 g/mol. The topological polar surface area (TPSA) is 44.8 Å². The molecule has 1 aliphatic heterocycles. The Balaban J connectivity index is 2.04. The normalized spacial score (nSPS) is 16.8. The first kappa shape index (κ1) is 13.9. The molecule has 0 spiro atoms. The molecule has 4 nitrogen and oxygen atoms in total. The van der Waals surface area contributed by atoms with Crippen LogP contribution in [0.4, 0.5) is 0 Å². The summed E-state index contributed by atoms with van der Waals surface area (Å²) in [7, 11) is 1.42. The first-order valence-corrected chi connectivity index (χ1v) is 6.47. The van der Waals surface area contributed by atoms with Crippen LogP contribution < -0.4 is 4.74 Å². The minimum Gasteiger partial charge on any atom is -0.491 e. The highest BCUT2D eigenvalue weighted by Gasteiger charge is 2.47. The summed E-state index contributed by atoms with van der Waals surface area (Å²) in [6.07, 6.45) is 0.800. The van der Waals surface area contributed by atoms with Crippen LogP contribution in [0, 0.1) is 5.41 Å². The van der Waals surface area contributed by atoms with Gasteiger partial charge in [-0.25, -0.2) is 0 Å². The maximum atomic E-state index is 11.8. The van der Waals surface area contributed by atoms with Crippen LogP contribution in [0.15, 0.2) is 24.3 Å². The van der Waals surface area contributed by atoms with E-state index in [2.05, 4.69) is 0 Å². The standard InChI is InChI=1S/C15H20O4/c1-11(2)19-13-6-4-12(5-7-13)8-15(9-18-10-15)14(16)17-3/h4-7,11H,8-10H2,1-3H3. The van der Waals surface area contributed by atoms with Gasteiger partial charge in [-0.2, -0.15) is 0 Å². The minimum atomic E-state index is -0.505. The fraction of sp³-hybridized carbons (Fsp3) is 0.533. The van der Waals surface area contributed by atoms with Crippen LogP contribution in [0.1, 0.15) is 19.4 Å². The van der Waals surface area contributed by atoms with Crippen LogP contribution in [-0.2, 0) is 20.7 Å². The molecular weight excluding hydrogens is 244 g/mol. The largest absolute Gasteiger partial charge is 0.491 e. The summed E-state index contributed by atoms with van der Waals surface area (Å²) in [5, 5.41) is 0. The number of methoxy groups -OCH3 is 1. The molecular formula is C15H20O4. The molecule has 1 aromatic rings. The Bertz CT molecular complexity index is 432. The van der Waals surface area contributed by atoms with Crippen molar-refractivity contribution in [2.75, 3.05) is 20.3 Å². The SMILES string of the molecule is COC(=O)C1(Cc2ccc(OC(C)C)cc2)COC1. The van der Waals surface area contributed by atoms with Gasteiger partial charge in [-0.3, -0.25) is 4.79 Å². The summed E-state index contributed by atoms with van der Waals surface area (Å²) in [5.41, 5.74) is 0.583. The highest BCUT2D eigenvalue weighted by molar-refractivity contribution is 5.78. The molecule has 0 N–H and O–H groups in total. The van der Waals surface area contributed by atoms with Crippen LogP contribution >= 0.6 is 0 Å². The van der Waals surface area contributed by atoms with Crippen LogP contribution in [-0.4, -0.2) is 32.4 Å². The zero-order valence-electron chi connectivity index (χ0n) is 11.6. The Hall–Kier alpha value is -1.55. The van der Waals surface area contributed by atoms with E-state index in [-0.39, 0.29) is 12.1 Å². The van der Waals surface area contributed by atoms with Gasteiger partial charge in [0.15, 0.2) is 0 Å². The van der Waals surface area contributed by atoms with Gasteiger partial charge in [0.25, 0.3) is 0 Å². The number of ether oxygens (including phenoxy) is 3. The lowest BCUT2D eigenvalue weighted by Gasteiger charge is -2.38. The van der Waals surface area contributed by atoms with E-state index < -0.39 is 5.41 Å². The molecule has 1 fully saturated rings. The molecule has 1 heterocycles. The molecule has 1 aromatic carbocycles. The van der Waals surface area contributed by atoms with Gasteiger partial charge in [0.1, 0.15) is 11.2 Å². The van der Waals surface area contributed by atoms with Gasteiger partial charge in [-0.05, 0) is 38.0 Å². The second kappa shape index (κ2) is 5.61. The predicted molar refractivity (Wildman–Crippen MR) is 71.2 cm³/mol. The van der Waals surface area contributed by atoms with Crippen molar-refractivity contribution in [1.82, 2.24) is 0 Å². The Morgan fingerprint density at radius 1 is 1.32 bits per heavy atom. The van der Waals surface area contributed by atoms with Crippen molar-refractivity contribution in [3.63, 3.8) is 0 Å². The summed E-state index contributed by atoms with van der Waals surface area (Å²) in [4.78, 5) is 11.8. The van der Waals surface area contributed by atoms with Crippen LogP contribution in [0.2, 0.25) is 0 Å². The van der Waals surface area contributed by atoms with Crippen molar-refractivity contribution in [2.45, 2.75) is 26.4 Å². The Kier molecular flexibility index (Phi) is 4.10. The highest BCUT2D eigenvalue weighted by atomic mass is 16.5. The monoisotopic (exact) mass is 264 g/mol. The smallest absolute Gasteiger partial charge is 0.316 e. The van der Waals surface area contributed by atoms with Crippen molar-refractivity contribution in [3.05, 3.63) is 29.8 Å². The zero-order valence-corrected chi connectivity index (χ0v) is 11.6. The molecule has 1 aliphatic rings. The van der Waals surface area contributed by atoms with Gasteiger partial charge in [0.2, 0.25) is 0 Å². The maximum Gasteiger partial charge on any atom is 0.316 e. The van der Waals surface area contributed by atoms with Crippen LogP contribution in [0.5, 0.6) is 5.75 Å². The van der Waals surface area contributed by atoms with E-state index in [1.54, 1.807) is 0 Å². The molecule has 4 heteroatoms. The number of hydrogen-bond donors (Lipinski definition) is 0. The lowest BCUT2D eigenvalue weighted by Crippen LogP contribution is -2.51. The van der Waals surface area contributed by atoms with Gasteiger partial charge < -0.3 is 14.2 Å². The van der Waals surface area contributed by atoms with Gasteiger partial charge in [0.05, 0.1) is 26.4 Å². The van der Waals surface area contributed by atoms with Crippen molar-refractivity contribution < 1.29 is 19.0 Å². The van der Waals surface area contributed by atoms with Crippen molar-refractivity contribution >= 4 is 5.97 Å². The van der Waals surface area contributed by atoms with Gasteiger partial charge >= 0.3 is 5.97 Å². The van der Waals surface area contributed by atoms with Crippen molar-refractivity contribution in [2.24, 2.45) is 5.41 Å². The fourth-order valence-corrected chi connectivity index (χ4v) is 2.21. The lowest BCUT2D eigenvalue weighted by atomic mass is 9.80. The van der Waals surface area contributed by atoms with E-state index in [0.717, 1.165) is 11.3 Å². The molecule has 0 bridgehead atoms. The Morgan fingerprint density at radius 3 is 2.37 bits per heavy atom. The first-order valence-electron chi connectivity index (χ1n) is 6.47. The summed E-state index contributed by atoms with van der Waals surface area (Å²) < 4.78 is 15.6. The van der Waals surface area contributed by atoms with E-state index in [0.29, 0.717) is 19.6 Å². The van der Waals surface area contributed by atoms with E-state index >= 15 is 0 Å². The predicted octanol–water partition coefficient (Wildman–Crippen LogP) is 2.21. The van der Waals surface area contributed by atoms with Gasteiger partial charge in [-0.15, -0.1) is 0 Å².